The molecule has 164 valence electrons. The zero-order valence-electron chi connectivity index (χ0n) is 18.9. The van der Waals surface area contributed by atoms with Gasteiger partial charge in [0.2, 0.25) is 0 Å². The number of allylic oxidation sites excluding steroid dienone is 1. The van der Waals surface area contributed by atoms with E-state index in [4.69, 9.17) is 0 Å². The van der Waals surface area contributed by atoms with Crippen LogP contribution < -0.4 is 0 Å². The lowest BCUT2D eigenvalue weighted by Gasteiger charge is -2.41. The maximum absolute atomic E-state index is 9.72. The van der Waals surface area contributed by atoms with Gasteiger partial charge in [-0.2, -0.15) is 10.5 Å². The van der Waals surface area contributed by atoms with Gasteiger partial charge < -0.3 is 9.80 Å². The van der Waals surface area contributed by atoms with Crippen molar-refractivity contribution in [3.8, 4) is 12.1 Å². The van der Waals surface area contributed by atoms with E-state index in [0.29, 0.717) is 12.1 Å². The van der Waals surface area contributed by atoms with Crippen LogP contribution in [0.5, 0.6) is 0 Å². The van der Waals surface area contributed by atoms with Crippen LogP contribution in [0.15, 0.2) is 41.7 Å². The molecule has 31 heavy (non-hydrogen) atoms. The van der Waals surface area contributed by atoms with Crippen molar-refractivity contribution in [1.82, 2.24) is 19.6 Å². The lowest BCUT2D eigenvalue weighted by molar-refractivity contribution is 0.0742. The molecule has 3 fully saturated rings. The van der Waals surface area contributed by atoms with E-state index in [1.165, 1.54) is 18.4 Å². The van der Waals surface area contributed by atoms with Gasteiger partial charge in [-0.1, -0.05) is 30.3 Å². The van der Waals surface area contributed by atoms with Crippen molar-refractivity contribution in [2.45, 2.75) is 64.3 Å². The normalized spacial score (nSPS) is 24.3. The van der Waals surface area contributed by atoms with E-state index >= 15 is 0 Å². The number of likely N-dealkylation sites (tertiary alicyclic amines) is 2. The lowest BCUT2D eigenvalue weighted by Crippen LogP contribution is -2.48. The summed E-state index contributed by atoms with van der Waals surface area (Å²) in [6.07, 6.45) is 4.81. The summed E-state index contributed by atoms with van der Waals surface area (Å²) in [4.78, 5) is 9.74. The van der Waals surface area contributed by atoms with Gasteiger partial charge in [-0.3, -0.25) is 9.80 Å². The minimum absolute atomic E-state index is 0.215. The molecule has 2 atom stereocenters. The second-order valence-electron chi connectivity index (χ2n) is 9.16. The molecule has 0 bridgehead atoms. The summed E-state index contributed by atoms with van der Waals surface area (Å²) in [7, 11) is 0. The van der Waals surface area contributed by atoms with Gasteiger partial charge in [0.25, 0.3) is 0 Å². The molecule has 0 radical (unpaired) electrons. The van der Waals surface area contributed by atoms with Gasteiger partial charge in [0, 0.05) is 51.4 Å². The summed E-state index contributed by atoms with van der Waals surface area (Å²) in [5.74, 6) is 0.873. The monoisotopic (exact) mass is 418 g/mol. The third-order valence-corrected chi connectivity index (χ3v) is 7.36. The molecule has 0 saturated carbocycles. The molecule has 3 saturated heterocycles. The van der Waals surface area contributed by atoms with E-state index in [0.717, 1.165) is 57.9 Å². The SMILES string of the molecule is CC1CCCN1C(C)N1CCN(C2CCN(Cc3ccccc3)CC2)C1=C(C#N)C#N. The van der Waals surface area contributed by atoms with Crippen LogP contribution >= 0.6 is 0 Å². The highest BCUT2D eigenvalue weighted by atomic mass is 15.5. The third-order valence-electron chi connectivity index (χ3n) is 7.36. The number of nitrogens with zero attached hydrogens (tertiary/aromatic N) is 6. The van der Waals surface area contributed by atoms with Crippen LogP contribution in [-0.4, -0.2) is 70.6 Å². The van der Waals surface area contributed by atoms with Crippen LogP contribution in [0.3, 0.4) is 0 Å². The Labute approximate surface area is 186 Å². The predicted molar refractivity (Wildman–Crippen MR) is 121 cm³/mol. The Kier molecular flexibility index (Phi) is 6.80. The van der Waals surface area contributed by atoms with Crippen molar-refractivity contribution >= 4 is 0 Å². The van der Waals surface area contributed by atoms with Gasteiger partial charge in [-0.25, -0.2) is 0 Å². The average molecular weight is 419 g/mol. The highest BCUT2D eigenvalue weighted by Crippen LogP contribution is 2.33. The van der Waals surface area contributed by atoms with E-state index in [-0.39, 0.29) is 11.7 Å². The van der Waals surface area contributed by atoms with Crippen LogP contribution in [-0.2, 0) is 6.54 Å². The summed E-state index contributed by atoms with van der Waals surface area (Å²) in [5.41, 5.74) is 1.63. The summed E-state index contributed by atoms with van der Waals surface area (Å²) in [6, 6.07) is 16.0. The fraction of sp³-hybridized carbons (Fsp3) is 0.600. The van der Waals surface area contributed by atoms with Crippen LogP contribution in [0.1, 0.15) is 45.1 Å². The molecule has 0 spiro atoms. The second-order valence-corrected chi connectivity index (χ2v) is 9.16. The van der Waals surface area contributed by atoms with Crippen LogP contribution in [0, 0.1) is 22.7 Å². The summed E-state index contributed by atoms with van der Waals surface area (Å²) < 4.78 is 0. The number of hydrogen-bond acceptors (Lipinski definition) is 6. The Morgan fingerprint density at radius 3 is 2.32 bits per heavy atom. The smallest absolute Gasteiger partial charge is 0.169 e. The molecule has 0 N–H and O–H groups in total. The number of rotatable bonds is 5. The van der Waals surface area contributed by atoms with Crippen molar-refractivity contribution < 1.29 is 0 Å². The molecule has 1 aromatic rings. The number of benzene rings is 1. The number of nitriles is 2. The molecule has 3 heterocycles. The molecule has 4 rings (SSSR count). The zero-order chi connectivity index (χ0) is 21.8. The van der Waals surface area contributed by atoms with Crippen molar-refractivity contribution in [2.24, 2.45) is 0 Å². The summed E-state index contributed by atoms with van der Waals surface area (Å²) >= 11 is 0. The van der Waals surface area contributed by atoms with Gasteiger partial charge in [0.1, 0.15) is 18.0 Å². The summed E-state index contributed by atoms with van der Waals surface area (Å²) in [5, 5.41) is 19.4. The quantitative estimate of drug-likeness (QED) is 0.684. The van der Waals surface area contributed by atoms with E-state index in [2.05, 4.69) is 75.9 Å². The van der Waals surface area contributed by atoms with Crippen LogP contribution in [0.2, 0.25) is 0 Å². The molecular formula is C25H34N6. The van der Waals surface area contributed by atoms with Crippen LogP contribution in [0.4, 0.5) is 0 Å². The molecule has 0 aliphatic carbocycles. The van der Waals surface area contributed by atoms with Crippen molar-refractivity contribution in [2.75, 3.05) is 32.7 Å². The molecule has 3 aliphatic heterocycles. The van der Waals surface area contributed by atoms with E-state index in [1.807, 2.05) is 0 Å². The zero-order valence-corrected chi connectivity index (χ0v) is 18.9. The Hall–Kier alpha value is -2.54. The molecule has 1 aromatic carbocycles. The van der Waals surface area contributed by atoms with Gasteiger partial charge in [0.05, 0.1) is 6.17 Å². The van der Waals surface area contributed by atoms with E-state index in [9.17, 15) is 10.5 Å². The Morgan fingerprint density at radius 1 is 1.00 bits per heavy atom. The Balaban J connectivity index is 1.46. The minimum atomic E-state index is 0.215. The van der Waals surface area contributed by atoms with E-state index < -0.39 is 0 Å². The first-order valence-electron chi connectivity index (χ1n) is 11.7. The molecule has 6 nitrogen and oxygen atoms in total. The number of hydrogen-bond donors (Lipinski definition) is 0. The minimum Gasteiger partial charge on any atom is -0.352 e. The van der Waals surface area contributed by atoms with E-state index in [1.54, 1.807) is 0 Å². The van der Waals surface area contributed by atoms with Gasteiger partial charge >= 0.3 is 0 Å². The molecule has 2 unspecified atom stereocenters. The molecule has 6 heteroatoms. The highest BCUT2D eigenvalue weighted by Gasteiger charge is 2.39. The highest BCUT2D eigenvalue weighted by molar-refractivity contribution is 5.40. The topological polar surface area (TPSA) is 60.5 Å². The van der Waals surface area contributed by atoms with Crippen molar-refractivity contribution in [1.29, 1.82) is 10.5 Å². The molecular weight excluding hydrogens is 384 g/mol. The standard InChI is InChI=1S/C25H34N6/c1-20-7-6-12-29(20)21(2)30-15-16-31(25(30)23(17-26)18-27)24-10-13-28(14-11-24)19-22-8-4-3-5-9-22/h3-5,8-9,20-21,24H,6-7,10-16,19H2,1-2H3. The van der Waals surface area contributed by atoms with Crippen molar-refractivity contribution in [3.05, 3.63) is 47.3 Å². The largest absolute Gasteiger partial charge is 0.352 e. The number of piperidine rings is 1. The first kappa shape index (κ1) is 21.7. The van der Waals surface area contributed by atoms with Gasteiger partial charge in [-0.15, -0.1) is 0 Å². The summed E-state index contributed by atoms with van der Waals surface area (Å²) in [6.45, 7) is 10.5. The van der Waals surface area contributed by atoms with Crippen LogP contribution in [0.25, 0.3) is 0 Å². The maximum atomic E-state index is 9.72. The molecule has 3 aliphatic rings. The van der Waals surface area contributed by atoms with Gasteiger partial charge in [-0.05, 0) is 45.1 Å². The Morgan fingerprint density at radius 2 is 1.71 bits per heavy atom. The lowest BCUT2D eigenvalue weighted by atomic mass is 10.0. The third kappa shape index (κ3) is 4.56. The first-order valence-corrected chi connectivity index (χ1v) is 11.7. The fourth-order valence-electron chi connectivity index (χ4n) is 5.64. The Bertz CT molecular complexity index is 842. The van der Waals surface area contributed by atoms with Gasteiger partial charge in [0.15, 0.2) is 5.57 Å². The molecule has 0 aromatic heterocycles. The van der Waals surface area contributed by atoms with Crippen molar-refractivity contribution in [3.63, 3.8) is 0 Å². The predicted octanol–water partition coefficient (Wildman–Crippen LogP) is 3.36. The molecule has 0 amide bonds. The average Bonchev–Trinajstić information content (AvgIpc) is 3.42. The first-order chi connectivity index (χ1) is 15.1. The second kappa shape index (κ2) is 9.73. The fourth-order valence-corrected chi connectivity index (χ4v) is 5.64. The maximum Gasteiger partial charge on any atom is 0.169 e.